The highest BCUT2D eigenvalue weighted by molar-refractivity contribution is 5.79. The summed E-state index contributed by atoms with van der Waals surface area (Å²) in [5.74, 6) is 0.492. The predicted octanol–water partition coefficient (Wildman–Crippen LogP) is 2.26. The molecule has 3 heterocycles. The van der Waals surface area contributed by atoms with E-state index in [0.717, 1.165) is 31.6 Å². The molecule has 7 nitrogen and oxygen atoms in total. The average Bonchev–Trinajstić information content (AvgIpc) is 2.69. The van der Waals surface area contributed by atoms with Crippen LogP contribution >= 0.6 is 0 Å². The highest BCUT2D eigenvalue weighted by Gasteiger charge is 2.24. The van der Waals surface area contributed by atoms with Gasteiger partial charge in [0.25, 0.3) is 5.56 Å². The van der Waals surface area contributed by atoms with Crippen LogP contribution in [0, 0.1) is 12.3 Å². The van der Waals surface area contributed by atoms with Crippen LogP contribution in [0.2, 0.25) is 0 Å². The quantitative estimate of drug-likeness (QED) is 0.837. The Bertz CT molecular complexity index is 894. The van der Waals surface area contributed by atoms with Gasteiger partial charge in [0.15, 0.2) is 0 Å². The number of aromatic nitrogens is 3. The molecule has 1 fully saturated rings. The molecule has 156 valence electrons. The van der Waals surface area contributed by atoms with E-state index >= 15 is 0 Å². The van der Waals surface area contributed by atoms with Gasteiger partial charge in [0.1, 0.15) is 5.82 Å². The lowest BCUT2D eigenvalue weighted by atomic mass is 9.92. The van der Waals surface area contributed by atoms with E-state index in [-0.39, 0.29) is 17.9 Å². The SMILES string of the molecule is Cc1nc(-c2ccncc2)[nH]c(=O)c1CC(=O)N1CCN(CCC(C)(C)C)CC1. The minimum absolute atomic E-state index is 0.00691. The Kier molecular flexibility index (Phi) is 6.47. The summed E-state index contributed by atoms with van der Waals surface area (Å²) >= 11 is 0. The summed E-state index contributed by atoms with van der Waals surface area (Å²) in [6.07, 6.45) is 4.55. The van der Waals surface area contributed by atoms with Crippen LogP contribution in [0.15, 0.2) is 29.3 Å². The number of H-pyrrole nitrogens is 1. The maximum atomic E-state index is 12.8. The van der Waals surface area contributed by atoms with Crippen LogP contribution in [0.3, 0.4) is 0 Å². The van der Waals surface area contributed by atoms with Gasteiger partial charge >= 0.3 is 0 Å². The molecular weight excluding hydrogens is 366 g/mol. The summed E-state index contributed by atoms with van der Waals surface area (Å²) in [6, 6.07) is 3.59. The van der Waals surface area contributed by atoms with Crippen LogP contribution < -0.4 is 5.56 Å². The molecule has 0 saturated carbocycles. The van der Waals surface area contributed by atoms with Crippen molar-refractivity contribution in [1.29, 1.82) is 0 Å². The first kappa shape index (κ1) is 21.2. The molecule has 0 spiro atoms. The molecule has 0 unspecified atom stereocenters. The van der Waals surface area contributed by atoms with Crippen molar-refractivity contribution in [2.45, 2.75) is 40.5 Å². The number of nitrogens with zero attached hydrogens (tertiary/aromatic N) is 4. The summed E-state index contributed by atoms with van der Waals surface area (Å²) in [5, 5.41) is 0. The van der Waals surface area contributed by atoms with E-state index in [9.17, 15) is 9.59 Å². The molecule has 7 heteroatoms. The van der Waals surface area contributed by atoms with Crippen molar-refractivity contribution in [1.82, 2.24) is 24.8 Å². The number of nitrogens with one attached hydrogen (secondary N) is 1. The summed E-state index contributed by atoms with van der Waals surface area (Å²) < 4.78 is 0. The summed E-state index contributed by atoms with van der Waals surface area (Å²) in [7, 11) is 0. The van der Waals surface area contributed by atoms with Crippen LogP contribution in [0.4, 0.5) is 0 Å². The first-order chi connectivity index (χ1) is 13.7. The van der Waals surface area contributed by atoms with Crippen molar-refractivity contribution in [2.75, 3.05) is 32.7 Å². The number of carbonyl (C=O) groups is 1. The number of hydrogen-bond acceptors (Lipinski definition) is 5. The van der Waals surface area contributed by atoms with Crippen molar-refractivity contribution in [3.05, 3.63) is 46.1 Å². The number of piperazine rings is 1. The molecule has 2 aromatic heterocycles. The minimum atomic E-state index is -0.249. The second-order valence-electron chi connectivity index (χ2n) is 8.92. The summed E-state index contributed by atoms with van der Waals surface area (Å²) in [6.45, 7) is 12.8. The number of aromatic amines is 1. The van der Waals surface area contributed by atoms with Crippen molar-refractivity contribution in [2.24, 2.45) is 5.41 Å². The molecule has 3 rings (SSSR count). The fourth-order valence-electron chi connectivity index (χ4n) is 3.44. The third-order valence-electron chi connectivity index (χ3n) is 5.41. The highest BCUT2D eigenvalue weighted by Crippen LogP contribution is 2.19. The Morgan fingerprint density at radius 1 is 1.14 bits per heavy atom. The third kappa shape index (κ3) is 5.73. The Hall–Kier alpha value is -2.54. The van der Waals surface area contributed by atoms with Gasteiger partial charge in [0.05, 0.1) is 6.42 Å². The zero-order valence-corrected chi connectivity index (χ0v) is 17.9. The second-order valence-corrected chi connectivity index (χ2v) is 8.92. The zero-order valence-electron chi connectivity index (χ0n) is 17.9. The first-order valence-corrected chi connectivity index (χ1v) is 10.2. The monoisotopic (exact) mass is 397 g/mol. The van der Waals surface area contributed by atoms with Crippen LogP contribution in [0.1, 0.15) is 38.4 Å². The van der Waals surface area contributed by atoms with Gasteiger partial charge in [-0.1, -0.05) is 20.8 Å². The maximum Gasteiger partial charge on any atom is 0.255 e. The third-order valence-corrected chi connectivity index (χ3v) is 5.41. The normalized spacial score (nSPS) is 15.5. The Morgan fingerprint density at radius 3 is 2.38 bits per heavy atom. The van der Waals surface area contributed by atoms with Gasteiger partial charge in [-0.05, 0) is 37.4 Å². The lowest BCUT2D eigenvalue weighted by Crippen LogP contribution is -2.49. The largest absolute Gasteiger partial charge is 0.340 e. The average molecular weight is 398 g/mol. The van der Waals surface area contributed by atoms with E-state index in [1.807, 2.05) is 4.90 Å². The Labute approximate surface area is 172 Å². The van der Waals surface area contributed by atoms with Gasteiger partial charge in [0.2, 0.25) is 5.91 Å². The van der Waals surface area contributed by atoms with Crippen molar-refractivity contribution < 1.29 is 4.79 Å². The van der Waals surface area contributed by atoms with E-state index in [1.165, 1.54) is 0 Å². The molecule has 1 amide bonds. The molecule has 0 radical (unpaired) electrons. The van der Waals surface area contributed by atoms with Gasteiger partial charge in [0, 0.05) is 55.4 Å². The van der Waals surface area contributed by atoms with E-state index in [0.29, 0.717) is 35.6 Å². The first-order valence-electron chi connectivity index (χ1n) is 10.2. The predicted molar refractivity (Wildman–Crippen MR) is 114 cm³/mol. The number of rotatable bonds is 5. The van der Waals surface area contributed by atoms with Crippen LogP contribution in [0.25, 0.3) is 11.4 Å². The number of carbonyl (C=O) groups excluding carboxylic acids is 1. The van der Waals surface area contributed by atoms with Crippen LogP contribution in [-0.4, -0.2) is 63.4 Å². The van der Waals surface area contributed by atoms with Gasteiger partial charge in [-0.2, -0.15) is 0 Å². The molecule has 0 aliphatic carbocycles. The Morgan fingerprint density at radius 2 is 1.79 bits per heavy atom. The zero-order chi connectivity index (χ0) is 21.0. The molecule has 29 heavy (non-hydrogen) atoms. The molecular formula is C22H31N5O2. The van der Waals surface area contributed by atoms with Gasteiger partial charge in [-0.3, -0.25) is 19.5 Å². The topological polar surface area (TPSA) is 82.2 Å². The van der Waals surface area contributed by atoms with Crippen molar-refractivity contribution >= 4 is 5.91 Å². The van der Waals surface area contributed by atoms with Crippen molar-refractivity contribution in [3.8, 4) is 11.4 Å². The van der Waals surface area contributed by atoms with E-state index < -0.39 is 0 Å². The summed E-state index contributed by atoms with van der Waals surface area (Å²) in [5.41, 5.74) is 1.91. The van der Waals surface area contributed by atoms with Crippen LogP contribution in [0.5, 0.6) is 0 Å². The molecule has 0 atom stereocenters. The van der Waals surface area contributed by atoms with Crippen LogP contribution in [-0.2, 0) is 11.2 Å². The Balaban J connectivity index is 1.61. The molecule has 1 aliphatic heterocycles. The standard InChI is InChI=1S/C22H31N5O2/c1-16-18(21(29)25-20(24-16)17-5-8-23-9-6-17)15-19(28)27-13-11-26(12-14-27)10-7-22(2,3)4/h5-6,8-9H,7,10-15H2,1-4H3,(H,24,25,29). The summed E-state index contributed by atoms with van der Waals surface area (Å²) in [4.78, 5) is 40.9. The van der Waals surface area contributed by atoms with E-state index in [2.05, 4.69) is 40.6 Å². The number of amides is 1. The fraction of sp³-hybridized carbons (Fsp3) is 0.545. The number of aryl methyl sites for hydroxylation is 1. The molecule has 0 aromatic carbocycles. The lowest BCUT2D eigenvalue weighted by Gasteiger charge is -2.36. The number of hydrogen-bond donors (Lipinski definition) is 1. The molecule has 1 N–H and O–H groups in total. The van der Waals surface area contributed by atoms with E-state index in [4.69, 9.17) is 0 Å². The molecule has 1 aliphatic rings. The maximum absolute atomic E-state index is 12.8. The molecule has 2 aromatic rings. The van der Waals surface area contributed by atoms with Crippen molar-refractivity contribution in [3.63, 3.8) is 0 Å². The van der Waals surface area contributed by atoms with Gasteiger partial charge in [-0.15, -0.1) is 0 Å². The van der Waals surface area contributed by atoms with Gasteiger partial charge < -0.3 is 9.88 Å². The fourth-order valence-corrected chi connectivity index (χ4v) is 3.44. The smallest absolute Gasteiger partial charge is 0.255 e. The highest BCUT2D eigenvalue weighted by atomic mass is 16.2. The molecule has 1 saturated heterocycles. The lowest BCUT2D eigenvalue weighted by molar-refractivity contribution is -0.132. The minimum Gasteiger partial charge on any atom is -0.340 e. The van der Waals surface area contributed by atoms with Gasteiger partial charge in [-0.25, -0.2) is 4.98 Å². The second kappa shape index (κ2) is 8.86. The number of pyridine rings is 1. The van der Waals surface area contributed by atoms with E-state index in [1.54, 1.807) is 31.5 Å². The molecule has 0 bridgehead atoms.